The third-order valence-corrected chi connectivity index (χ3v) is 6.19. The third kappa shape index (κ3) is 3.34. The molecule has 0 atom stereocenters. The highest BCUT2D eigenvalue weighted by Crippen LogP contribution is 2.32. The summed E-state index contributed by atoms with van der Waals surface area (Å²) in [5.41, 5.74) is 0.599. The molecule has 10 heteroatoms. The number of para-hydroxylation sites is 2. The van der Waals surface area contributed by atoms with E-state index in [0.29, 0.717) is 22.3 Å². The summed E-state index contributed by atoms with van der Waals surface area (Å²) in [4.78, 5) is 43.2. The van der Waals surface area contributed by atoms with Gasteiger partial charge < -0.3 is 9.67 Å². The van der Waals surface area contributed by atoms with E-state index >= 15 is 0 Å². The van der Waals surface area contributed by atoms with E-state index in [2.05, 4.69) is 15.2 Å². The van der Waals surface area contributed by atoms with Gasteiger partial charge in [0.25, 0.3) is 16.7 Å². The first-order valence-electron chi connectivity index (χ1n) is 10.8. The lowest BCUT2D eigenvalue weighted by molar-refractivity contribution is 0.481. The van der Waals surface area contributed by atoms with Crippen LogP contribution < -0.4 is 16.7 Å². The van der Waals surface area contributed by atoms with Crippen molar-refractivity contribution in [2.75, 3.05) is 0 Å². The number of hydrogen-bond acceptors (Lipinski definition) is 5. The van der Waals surface area contributed by atoms with Crippen LogP contribution in [0, 0.1) is 6.92 Å². The number of hydrogen-bond donors (Lipinski definition) is 3. The maximum atomic E-state index is 13.2. The maximum Gasteiger partial charge on any atom is 0.297 e. The van der Waals surface area contributed by atoms with Crippen LogP contribution in [0.2, 0.25) is 0 Å². The summed E-state index contributed by atoms with van der Waals surface area (Å²) in [6.45, 7) is 1.75. The summed E-state index contributed by atoms with van der Waals surface area (Å²) in [6.07, 6.45) is 1.23. The molecule has 0 aliphatic carbocycles. The lowest BCUT2D eigenvalue weighted by atomic mass is 10.1. The minimum absolute atomic E-state index is 0.0154. The zero-order valence-corrected chi connectivity index (χ0v) is 19.2. The monoisotopic (exact) mass is 470 g/mol. The van der Waals surface area contributed by atoms with E-state index in [9.17, 15) is 19.5 Å². The highest BCUT2D eigenvalue weighted by molar-refractivity contribution is 5.96. The number of fused-ring (bicyclic) bond motifs is 1. The Bertz CT molecular complexity index is 1800. The lowest BCUT2D eigenvalue weighted by Crippen LogP contribution is -2.20. The van der Waals surface area contributed by atoms with Gasteiger partial charge in [-0.3, -0.25) is 29.3 Å². The number of nitrogens with one attached hydrogen (secondary N) is 2. The second kappa shape index (κ2) is 8.17. The van der Waals surface area contributed by atoms with Crippen LogP contribution in [0.4, 0.5) is 5.69 Å². The van der Waals surface area contributed by atoms with Gasteiger partial charge in [0.2, 0.25) is 0 Å². The van der Waals surface area contributed by atoms with E-state index in [1.807, 2.05) is 30.3 Å². The number of aromatic nitrogens is 5. The fourth-order valence-electron chi connectivity index (χ4n) is 4.22. The second-order valence-corrected chi connectivity index (χ2v) is 8.14. The second-order valence-electron chi connectivity index (χ2n) is 8.14. The van der Waals surface area contributed by atoms with Crippen molar-refractivity contribution in [1.82, 2.24) is 24.1 Å². The van der Waals surface area contributed by atoms with Crippen molar-refractivity contribution >= 4 is 22.8 Å². The maximum absolute atomic E-state index is 13.2. The van der Waals surface area contributed by atoms with Crippen LogP contribution in [0.3, 0.4) is 0 Å². The number of rotatable bonds is 4. The molecule has 0 aliphatic heterocycles. The van der Waals surface area contributed by atoms with E-state index in [1.54, 1.807) is 50.0 Å². The molecule has 5 rings (SSSR count). The van der Waals surface area contributed by atoms with Crippen molar-refractivity contribution in [3.8, 4) is 22.7 Å². The number of aliphatic imine (C=N–C) groups is 1. The van der Waals surface area contributed by atoms with E-state index < -0.39 is 11.1 Å². The minimum Gasteiger partial charge on any atom is -0.506 e. The van der Waals surface area contributed by atoms with Crippen molar-refractivity contribution in [1.29, 1.82) is 0 Å². The number of H-pyrrole nitrogens is 2. The Hall–Kier alpha value is -4.86. The van der Waals surface area contributed by atoms with Gasteiger partial charge in [0.05, 0.1) is 28.2 Å². The van der Waals surface area contributed by atoms with Crippen LogP contribution in [-0.4, -0.2) is 35.4 Å². The topological polar surface area (TPSA) is 130 Å². The summed E-state index contributed by atoms with van der Waals surface area (Å²) >= 11 is 0. The molecule has 0 saturated heterocycles. The van der Waals surface area contributed by atoms with Gasteiger partial charge in [-0.25, -0.2) is 9.67 Å². The quantitative estimate of drug-likeness (QED) is 0.348. The molecular weight excluding hydrogens is 448 g/mol. The number of aromatic hydroxyl groups is 1. The fraction of sp³-hybridized carbons (Fsp3) is 0.120. The highest BCUT2D eigenvalue weighted by atomic mass is 16.3. The van der Waals surface area contributed by atoms with Crippen LogP contribution in [-0.2, 0) is 14.1 Å². The van der Waals surface area contributed by atoms with Gasteiger partial charge in [-0.2, -0.15) is 0 Å². The lowest BCUT2D eigenvalue weighted by Gasteiger charge is -2.11. The van der Waals surface area contributed by atoms with Crippen molar-refractivity contribution in [2.24, 2.45) is 19.1 Å². The SMILES string of the molecule is Cc1c(N=Cc2c(-c3c(O)c4ccccc4n(C)c3=O)[nH][nH]c2=O)c(=O)n(-c2ccccc2)n1C. The average molecular weight is 470 g/mol. The largest absolute Gasteiger partial charge is 0.506 e. The van der Waals surface area contributed by atoms with Gasteiger partial charge in [0.1, 0.15) is 11.3 Å². The predicted octanol–water partition coefficient (Wildman–Crippen LogP) is 2.48. The molecule has 3 N–H and O–H groups in total. The molecule has 5 aromatic rings. The first kappa shape index (κ1) is 22.0. The molecular formula is C25H22N6O4. The van der Waals surface area contributed by atoms with E-state index in [-0.39, 0.29) is 33.8 Å². The highest BCUT2D eigenvalue weighted by Gasteiger charge is 2.22. The predicted molar refractivity (Wildman–Crippen MR) is 134 cm³/mol. The summed E-state index contributed by atoms with van der Waals surface area (Å²) in [5, 5.41) is 16.5. The molecule has 35 heavy (non-hydrogen) atoms. The number of pyridine rings is 1. The molecule has 3 heterocycles. The molecule has 176 valence electrons. The Morgan fingerprint density at radius 1 is 0.914 bits per heavy atom. The van der Waals surface area contributed by atoms with E-state index in [0.717, 1.165) is 0 Å². The molecule has 0 unspecified atom stereocenters. The van der Waals surface area contributed by atoms with Crippen LogP contribution in [0.15, 0.2) is 74.0 Å². The van der Waals surface area contributed by atoms with Crippen molar-refractivity contribution in [2.45, 2.75) is 6.92 Å². The van der Waals surface area contributed by atoms with Gasteiger partial charge >= 0.3 is 0 Å². The Kier molecular flexibility index (Phi) is 5.13. The zero-order chi connectivity index (χ0) is 24.9. The molecule has 0 bridgehead atoms. The molecule has 10 nitrogen and oxygen atoms in total. The van der Waals surface area contributed by atoms with Gasteiger partial charge in [-0.05, 0) is 31.2 Å². The Balaban J connectivity index is 1.68. The van der Waals surface area contributed by atoms with Crippen LogP contribution in [0.25, 0.3) is 27.8 Å². The molecule has 0 spiro atoms. The summed E-state index contributed by atoms with van der Waals surface area (Å²) < 4.78 is 4.56. The summed E-state index contributed by atoms with van der Waals surface area (Å²) in [5.74, 6) is -0.254. The molecule has 0 aliphatic rings. The smallest absolute Gasteiger partial charge is 0.297 e. The summed E-state index contributed by atoms with van der Waals surface area (Å²) in [7, 11) is 3.33. The average Bonchev–Trinajstić information content (AvgIpc) is 3.32. The van der Waals surface area contributed by atoms with Gasteiger partial charge in [0.15, 0.2) is 5.69 Å². The normalized spacial score (nSPS) is 11.6. The number of aromatic amines is 2. The Morgan fingerprint density at radius 3 is 2.34 bits per heavy atom. The fourth-order valence-corrected chi connectivity index (χ4v) is 4.22. The van der Waals surface area contributed by atoms with Crippen molar-refractivity contribution in [3.63, 3.8) is 0 Å². The van der Waals surface area contributed by atoms with Crippen molar-refractivity contribution in [3.05, 3.63) is 96.9 Å². The Morgan fingerprint density at radius 2 is 1.60 bits per heavy atom. The van der Waals surface area contributed by atoms with Crippen LogP contribution >= 0.6 is 0 Å². The standard InChI is InChI=1S/C25H22N6O4/c1-14-20(25(35)31(30(14)3)15-9-5-4-6-10-15)26-13-17-21(27-28-23(17)33)19-22(32)16-11-7-8-12-18(16)29(2)24(19)34/h4-13,32H,1-3H3,(H2,27,28,33). The zero-order valence-electron chi connectivity index (χ0n) is 19.2. The van der Waals surface area contributed by atoms with Gasteiger partial charge in [-0.1, -0.05) is 30.3 Å². The number of benzene rings is 2. The molecule has 0 radical (unpaired) electrons. The van der Waals surface area contributed by atoms with Crippen molar-refractivity contribution < 1.29 is 5.11 Å². The molecule has 0 fully saturated rings. The van der Waals surface area contributed by atoms with Crippen LogP contribution in [0.1, 0.15) is 11.3 Å². The van der Waals surface area contributed by atoms with Gasteiger partial charge in [0, 0.05) is 25.7 Å². The van der Waals surface area contributed by atoms with E-state index in [4.69, 9.17) is 0 Å². The molecule has 3 aromatic heterocycles. The first-order valence-corrected chi connectivity index (χ1v) is 10.8. The summed E-state index contributed by atoms with van der Waals surface area (Å²) in [6, 6.07) is 16.0. The number of aryl methyl sites for hydroxylation is 1. The number of nitrogens with zero attached hydrogens (tertiary/aromatic N) is 4. The molecule has 0 saturated carbocycles. The third-order valence-electron chi connectivity index (χ3n) is 6.19. The van der Waals surface area contributed by atoms with E-state index in [1.165, 1.54) is 15.5 Å². The molecule has 2 aromatic carbocycles. The first-order chi connectivity index (χ1) is 16.8. The minimum atomic E-state index is -0.546. The Labute approximate surface area is 198 Å². The van der Waals surface area contributed by atoms with Gasteiger partial charge in [-0.15, -0.1) is 0 Å². The van der Waals surface area contributed by atoms with Crippen LogP contribution in [0.5, 0.6) is 5.75 Å². The molecule has 0 amide bonds.